The SMILES string of the molecule is CCN(CC)c1ccc(NC(=O)c2cc(C)nc(Nc3cccc(C)c3)n2)cc1. The summed E-state index contributed by atoms with van der Waals surface area (Å²) in [6, 6.07) is 17.4. The number of carbonyl (C=O) groups is 1. The standard InChI is InChI=1S/C23H27N5O/c1-5-28(6-2)20-12-10-18(11-13-20)25-22(29)21-15-17(4)24-23(27-21)26-19-9-7-8-16(3)14-19/h7-15H,5-6H2,1-4H3,(H,25,29)(H,24,26,27). The number of aryl methyl sites for hydroxylation is 2. The van der Waals surface area contributed by atoms with Crippen molar-refractivity contribution in [2.75, 3.05) is 28.6 Å². The molecule has 3 rings (SSSR count). The summed E-state index contributed by atoms with van der Waals surface area (Å²) in [5, 5.41) is 6.08. The van der Waals surface area contributed by atoms with Gasteiger partial charge < -0.3 is 15.5 Å². The molecule has 0 bridgehead atoms. The first-order valence-corrected chi connectivity index (χ1v) is 9.84. The lowest BCUT2D eigenvalue weighted by molar-refractivity contribution is 0.102. The van der Waals surface area contributed by atoms with Gasteiger partial charge in [-0.1, -0.05) is 12.1 Å². The first-order chi connectivity index (χ1) is 14.0. The Labute approximate surface area is 172 Å². The fraction of sp³-hybridized carbons (Fsp3) is 0.261. The number of benzene rings is 2. The van der Waals surface area contributed by atoms with E-state index in [0.717, 1.165) is 41.4 Å². The molecule has 0 fully saturated rings. The van der Waals surface area contributed by atoms with Crippen molar-refractivity contribution in [3.05, 3.63) is 71.5 Å². The van der Waals surface area contributed by atoms with Gasteiger partial charge in [0.25, 0.3) is 5.91 Å². The van der Waals surface area contributed by atoms with E-state index in [1.807, 2.05) is 62.4 Å². The van der Waals surface area contributed by atoms with Crippen molar-refractivity contribution >= 4 is 28.9 Å². The smallest absolute Gasteiger partial charge is 0.274 e. The van der Waals surface area contributed by atoms with Crippen LogP contribution < -0.4 is 15.5 Å². The van der Waals surface area contributed by atoms with Crippen molar-refractivity contribution in [3.63, 3.8) is 0 Å². The number of aromatic nitrogens is 2. The number of rotatable bonds is 7. The molecule has 0 radical (unpaired) electrons. The van der Waals surface area contributed by atoms with Crippen LogP contribution in [0.4, 0.5) is 23.0 Å². The Kier molecular flexibility index (Phi) is 6.44. The van der Waals surface area contributed by atoms with Crippen molar-refractivity contribution in [1.82, 2.24) is 9.97 Å². The fourth-order valence-corrected chi connectivity index (χ4v) is 3.13. The van der Waals surface area contributed by atoms with Gasteiger partial charge in [0, 0.05) is 35.8 Å². The first-order valence-electron chi connectivity index (χ1n) is 9.84. The van der Waals surface area contributed by atoms with Gasteiger partial charge in [0.2, 0.25) is 5.95 Å². The molecule has 3 aromatic rings. The van der Waals surface area contributed by atoms with Crippen LogP contribution >= 0.6 is 0 Å². The van der Waals surface area contributed by atoms with Crippen molar-refractivity contribution in [3.8, 4) is 0 Å². The zero-order chi connectivity index (χ0) is 20.8. The lowest BCUT2D eigenvalue weighted by Gasteiger charge is -2.21. The number of nitrogens with one attached hydrogen (secondary N) is 2. The van der Waals surface area contributed by atoms with Gasteiger partial charge in [-0.05, 0) is 75.7 Å². The highest BCUT2D eigenvalue weighted by molar-refractivity contribution is 6.03. The fourth-order valence-electron chi connectivity index (χ4n) is 3.13. The molecule has 0 aliphatic rings. The second-order valence-corrected chi connectivity index (χ2v) is 6.89. The van der Waals surface area contributed by atoms with E-state index in [2.05, 4.69) is 39.3 Å². The molecular formula is C23H27N5O. The van der Waals surface area contributed by atoms with Crippen molar-refractivity contribution in [2.45, 2.75) is 27.7 Å². The molecular weight excluding hydrogens is 362 g/mol. The van der Waals surface area contributed by atoms with E-state index in [-0.39, 0.29) is 5.91 Å². The number of amides is 1. The zero-order valence-corrected chi connectivity index (χ0v) is 17.4. The van der Waals surface area contributed by atoms with E-state index in [4.69, 9.17) is 0 Å². The summed E-state index contributed by atoms with van der Waals surface area (Å²) in [5.74, 6) is 0.135. The van der Waals surface area contributed by atoms with Crippen molar-refractivity contribution in [2.24, 2.45) is 0 Å². The molecule has 0 aliphatic heterocycles. The Balaban J connectivity index is 1.74. The molecule has 0 spiro atoms. The highest BCUT2D eigenvalue weighted by Gasteiger charge is 2.12. The van der Waals surface area contributed by atoms with E-state index in [1.165, 1.54) is 0 Å². The Morgan fingerprint density at radius 1 is 0.931 bits per heavy atom. The first kappa shape index (κ1) is 20.3. The van der Waals surface area contributed by atoms with Gasteiger partial charge in [-0.25, -0.2) is 9.97 Å². The van der Waals surface area contributed by atoms with Crippen LogP contribution in [0.25, 0.3) is 0 Å². The summed E-state index contributed by atoms with van der Waals surface area (Å²) in [6.07, 6.45) is 0. The van der Waals surface area contributed by atoms with Gasteiger partial charge >= 0.3 is 0 Å². The van der Waals surface area contributed by atoms with Crippen LogP contribution in [-0.2, 0) is 0 Å². The van der Waals surface area contributed by atoms with Gasteiger partial charge in [-0.2, -0.15) is 0 Å². The number of nitrogens with zero attached hydrogens (tertiary/aromatic N) is 3. The Bertz CT molecular complexity index is 981. The van der Waals surface area contributed by atoms with Crippen LogP contribution in [0, 0.1) is 13.8 Å². The normalized spacial score (nSPS) is 10.5. The maximum Gasteiger partial charge on any atom is 0.274 e. The monoisotopic (exact) mass is 389 g/mol. The number of carbonyl (C=O) groups excluding carboxylic acids is 1. The van der Waals surface area contributed by atoms with E-state index >= 15 is 0 Å². The highest BCUT2D eigenvalue weighted by atomic mass is 16.1. The molecule has 1 heterocycles. The van der Waals surface area contributed by atoms with Crippen LogP contribution in [0.15, 0.2) is 54.6 Å². The number of anilines is 4. The van der Waals surface area contributed by atoms with Gasteiger partial charge in [0.1, 0.15) is 5.69 Å². The van der Waals surface area contributed by atoms with Gasteiger partial charge in [-0.3, -0.25) is 4.79 Å². The summed E-state index contributed by atoms with van der Waals surface area (Å²) in [6.45, 7) is 10.0. The highest BCUT2D eigenvalue weighted by Crippen LogP contribution is 2.19. The van der Waals surface area contributed by atoms with Crippen molar-refractivity contribution < 1.29 is 4.79 Å². The number of hydrogen-bond donors (Lipinski definition) is 2. The topological polar surface area (TPSA) is 70.2 Å². The summed E-state index contributed by atoms with van der Waals surface area (Å²) < 4.78 is 0. The van der Waals surface area contributed by atoms with Crippen LogP contribution in [0.2, 0.25) is 0 Å². The zero-order valence-electron chi connectivity index (χ0n) is 17.4. The molecule has 1 amide bonds. The molecule has 0 saturated heterocycles. The van der Waals surface area contributed by atoms with Gasteiger partial charge in [0.05, 0.1) is 0 Å². The average Bonchev–Trinajstić information content (AvgIpc) is 2.70. The molecule has 150 valence electrons. The van der Waals surface area contributed by atoms with Crippen LogP contribution in [0.5, 0.6) is 0 Å². The van der Waals surface area contributed by atoms with E-state index in [1.54, 1.807) is 6.07 Å². The molecule has 2 aromatic carbocycles. The predicted molar refractivity (Wildman–Crippen MR) is 119 cm³/mol. The van der Waals surface area contributed by atoms with Crippen molar-refractivity contribution in [1.29, 1.82) is 0 Å². The molecule has 0 atom stereocenters. The Morgan fingerprint density at radius 3 is 2.31 bits per heavy atom. The predicted octanol–water partition coefficient (Wildman–Crippen LogP) is 4.94. The summed E-state index contributed by atoms with van der Waals surface area (Å²) in [4.78, 5) is 23.7. The summed E-state index contributed by atoms with van der Waals surface area (Å²) in [7, 11) is 0. The molecule has 6 heteroatoms. The van der Waals surface area contributed by atoms with E-state index < -0.39 is 0 Å². The largest absolute Gasteiger partial charge is 0.372 e. The average molecular weight is 390 g/mol. The third kappa shape index (κ3) is 5.31. The van der Waals surface area contributed by atoms with Crippen LogP contribution in [0.3, 0.4) is 0 Å². The lowest BCUT2D eigenvalue weighted by atomic mass is 10.2. The summed E-state index contributed by atoms with van der Waals surface area (Å²) in [5.41, 5.74) is 4.92. The molecule has 0 saturated carbocycles. The molecule has 29 heavy (non-hydrogen) atoms. The molecule has 0 unspecified atom stereocenters. The molecule has 1 aromatic heterocycles. The minimum absolute atomic E-state index is 0.265. The quantitative estimate of drug-likeness (QED) is 0.599. The third-order valence-corrected chi connectivity index (χ3v) is 4.61. The van der Waals surface area contributed by atoms with E-state index in [9.17, 15) is 4.79 Å². The number of hydrogen-bond acceptors (Lipinski definition) is 5. The molecule has 2 N–H and O–H groups in total. The van der Waals surface area contributed by atoms with Crippen LogP contribution in [0.1, 0.15) is 35.6 Å². The van der Waals surface area contributed by atoms with Gasteiger partial charge in [-0.15, -0.1) is 0 Å². The van der Waals surface area contributed by atoms with E-state index in [0.29, 0.717) is 11.6 Å². The lowest BCUT2D eigenvalue weighted by Crippen LogP contribution is -2.21. The molecule has 0 aliphatic carbocycles. The maximum atomic E-state index is 12.7. The summed E-state index contributed by atoms with van der Waals surface area (Å²) >= 11 is 0. The maximum absolute atomic E-state index is 12.7. The van der Waals surface area contributed by atoms with Crippen LogP contribution in [-0.4, -0.2) is 29.0 Å². The molecule has 6 nitrogen and oxygen atoms in total. The van der Waals surface area contributed by atoms with Gasteiger partial charge in [0.15, 0.2) is 0 Å². The Morgan fingerprint density at radius 2 is 1.66 bits per heavy atom. The Hall–Kier alpha value is -3.41. The third-order valence-electron chi connectivity index (χ3n) is 4.61. The minimum atomic E-state index is -0.265. The second-order valence-electron chi connectivity index (χ2n) is 6.89. The second kappa shape index (κ2) is 9.19. The minimum Gasteiger partial charge on any atom is -0.372 e.